The fourth-order valence-corrected chi connectivity index (χ4v) is 4.16. The van der Waals surface area contributed by atoms with Crippen LogP contribution in [0.15, 0.2) is 17.3 Å². The van der Waals surface area contributed by atoms with E-state index >= 15 is 0 Å². The Morgan fingerprint density at radius 1 is 1.24 bits per heavy atom. The molecule has 1 heterocycles. The second-order valence-electron chi connectivity index (χ2n) is 5.84. The van der Waals surface area contributed by atoms with Gasteiger partial charge in [0.05, 0.1) is 32.0 Å². The van der Waals surface area contributed by atoms with Gasteiger partial charge in [-0.3, -0.25) is 4.79 Å². The first-order chi connectivity index (χ1) is 12.0. The van der Waals surface area contributed by atoms with E-state index in [0.29, 0.717) is 32.0 Å². The maximum absolute atomic E-state index is 12.5. The lowest BCUT2D eigenvalue weighted by molar-refractivity contribution is -0.115. The molecular formula is C15H16Cl3N5OS. The fourth-order valence-electron chi connectivity index (χ4n) is 2.71. The average Bonchev–Trinajstić information content (AvgIpc) is 3.23. The van der Waals surface area contributed by atoms with E-state index in [1.54, 1.807) is 6.92 Å². The third-order valence-electron chi connectivity index (χ3n) is 4.05. The van der Waals surface area contributed by atoms with Gasteiger partial charge in [-0.15, -0.1) is 5.10 Å². The zero-order valence-electron chi connectivity index (χ0n) is 13.4. The Morgan fingerprint density at radius 2 is 1.92 bits per heavy atom. The van der Waals surface area contributed by atoms with Gasteiger partial charge in [-0.2, -0.15) is 0 Å². The van der Waals surface area contributed by atoms with Crippen LogP contribution in [0.2, 0.25) is 15.1 Å². The van der Waals surface area contributed by atoms with E-state index in [1.807, 2.05) is 4.68 Å². The van der Waals surface area contributed by atoms with Gasteiger partial charge >= 0.3 is 0 Å². The maximum atomic E-state index is 12.5. The summed E-state index contributed by atoms with van der Waals surface area (Å²) in [4.78, 5) is 12.5. The third kappa shape index (κ3) is 4.39. The summed E-state index contributed by atoms with van der Waals surface area (Å²) in [6.45, 7) is 1.79. The molecule has 0 saturated heterocycles. The van der Waals surface area contributed by atoms with Gasteiger partial charge in [0.25, 0.3) is 0 Å². The third-order valence-corrected chi connectivity index (χ3v) is 6.13. The Hall–Kier alpha value is -1.02. The van der Waals surface area contributed by atoms with Gasteiger partial charge in [0.2, 0.25) is 11.1 Å². The summed E-state index contributed by atoms with van der Waals surface area (Å²) in [5.41, 5.74) is 0.420. The van der Waals surface area contributed by atoms with E-state index in [-0.39, 0.29) is 5.91 Å². The number of carbonyl (C=O) groups excluding carboxylic acids is 1. The number of thioether (sulfide) groups is 1. The van der Waals surface area contributed by atoms with E-state index in [1.165, 1.54) is 36.7 Å². The van der Waals surface area contributed by atoms with Gasteiger partial charge in [0.1, 0.15) is 0 Å². The first-order valence-electron chi connectivity index (χ1n) is 7.85. The number of aromatic nitrogens is 4. The second-order valence-corrected chi connectivity index (χ2v) is 8.37. The standard InChI is InChI=1S/C15H16Cl3N5OS/c1-8(14(24)19-13-7-11(17)10(16)6-12(13)18)25-15-20-21-22-23(15)9-4-2-3-5-9/h6-9H,2-5H2,1H3,(H,19,24). The highest BCUT2D eigenvalue weighted by molar-refractivity contribution is 8.00. The number of hydrogen-bond donors (Lipinski definition) is 1. The lowest BCUT2D eigenvalue weighted by Gasteiger charge is -2.15. The molecule has 134 valence electrons. The van der Waals surface area contributed by atoms with E-state index in [2.05, 4.69) is 20.8 Å². The van der Waals surface area contributed by atoms with Crippen LogP contribution >= 0.6 is 46.6 Å². The van der Waals surface area contributed by atoms with Gasteiger partial charge in [-0.1, -0.05) is 59.4 Å². The Kier molecular flexibility index (Phi) is 6.09. The summed E-state index contributed by atoms with van der Waals surface area (Å²) in [5, 5.41) is 15.9. The van der Waals surface area contributed by atoms with E-state index in [0.717, 1.165) is 12.8 Å². The molecule has 1 aromatic heterocycles. The topological polar surface area (TPSA) is 72.7 Å². The monoisotopic (exact) mass is 419 g/mol. The summed E-state index contributed by atoms with van der Waals surface area (Å²) in [5.74, 6) is -0.216. The summed E-state index contributed by atoms with van der Waals surface area (Å²) in [6.07, 6.45) is 4.50. The number of hydrogen-bond acceptors (Lipinski definition) is 5. The number of rotatable bonds is 5. The molecule has 1 fully saturated rings. The number of benzene rings is 1. The van der Waals surface area contributed by atoms with Crippen molar-refractivity contribution in [1.29, 1.82) is 0 Å². The molecule has 1 aliphatic rings. The molecule has 1 aromatic carbocycles. The smallest absolute Gasteiger partial charge is 0.237 e. The van der Waals surface area contributed by atoms with E-state index < -0.39 is 5.25 Å². The van der Waals surface area contributed by atoms with Crippen molar-refractivity contribution in [3.63, 3.8) is 0 Å². The van der Waals surface area contributed by atoms with Crippen LogP contribution in [0.5, 0.6) is 0 Å². The van der Waals surface area contributed by atoms with Crippen molar-refractivity contribution in [2.75, 3.05) is 5.32 Å². The molecule has 0 aliphatic heterocycles. The molecule has 0 spiro atoms. The molecule has 3 rings (SSSR count). The number of carbonyl (C=O) groups is 1. The van der Waals surface area contributed by atoms with E-state index in [9.17, 15) is 4.79 Å². The summed E-state index contributed by atoms with van der Waals surface area (Å²) in [7, 11) is 0. The lowest BCUT2D eigenvalue weighted by atomic mass is 10.3. The summed E-state index contributed by atoms with van der Waals surface area (Å²) >= 11 is 19.3. The highest BCUT2D eigenvalue weighted by Gasteiger charge is 2.25. The molecule has 1 amide bonds. The molecule has 1 N–H and O–H groups in total. The number of halogens is 3. The molecule has 1 saturated carbocycles. The number of anilines is 1. The van der Waals surface area contributed by atoms with Crippen molar-refractivity contribution in [1.82, 2.24) is 20.2 Å². The molecule has 2 aromatic rings. The number of nitrogens with one attached hydrogen (secondary N) is 1. The molecular weight excluding hydrogens is 405 g/mol. The Balaban J connectivity index is 1.67. The van der Waals surface area contributed by atoms with Crippen LogP contribution < -0.4 is 5.32 Å². The Labute approximate surface area is 164 Å². The van der Waals surface area contributed by atoms with Crippen LogP contribution in [0.1, 0.15) is 38.6 Å². The van der Waals surface area contributed by atoms with Crippen molar-refractivity contribution in [3.8, 4) is 0 Å². The highest BCUT2D eigenvalue weighted by atomic mass is 35.5. The SMILES string of the molecule is CC(Sc1nnnn1C1CCCC1)C(=O)Nc1cc(Cl)c(Cl)cc1Cl. The average molecular weight is 421 g/mol. The molecule has 1 aliphatic carbocycles. The van der Waals surface area contributed by atoms with Gasteiger partial charge in [-0.25, -0.2) is 4.68 Å². The predicted octanol–water partition coefficient (Wildman–Crippen LogP) is 4.87. The van der Waals surface area contributed by atoms with Crippen molar-refractivity contribution in [3.05, 3.63) is 27.2 Å². The van der Waals surface area contributed by atoms with Crippen molar-refractivity contribution < 1.29 is 4.79 Å². The van der Waals surface area contributed by atoms with Crippen LogP contribution in [0.4, 0.5) is 5.69 Å². The summed E-state index contributed by atoms with van der Waals surface area (Å²) in [6, 6.07) is 3.35. The van der Waals surface area contributed by atoms with Crippen molar-refractivity contribution in [2.45, 2.75) is 49.1 Å². The predicted molar refractivity (Wildman–Crippen MR) is 101 cm³/mol. The van der Waals surface area contributed by atoms with Crippen LogP contribution in [-0.4, -0.2) is 31.4 Å². The van der Waals surface area contributed by atoms with Gasteiger partial charge in [-0.05, 0) is 42.3 Å². The minimum Gasteiger partial charge on any atom is -0.324 e. The molecule has 6 nitrogen and oxygen atoms in total. The molecule has 0 radical (unpaired) electrons. The van der Waals surface area contributed by atoms with Crippen LogP contribution in [0, 0.1) is 0 Å². The molecule has 1 unspecified atom stereocenters. The zero-order chi connectivity index (χ0) is 18.0. The van der Waals surface area contributed by atoms with Gasteiger partial charge < -0.3 is 5.32 Å². The Bertz CT molecular complexity index is 779. The quantitative estimate of drug-likeness (QED) is 0.552. The minimum atomic E-state index is -0.406. The zero-order valence-corrected chi connectivity index (χ0v) is 16.5. The highest BCUT2D eigenvalue weighted by Crippen LogP contribution is 2.34. The van der Waals surface area contributed by atoms with Crippen molar-refractivity contribution >= 4 is 58.2 Å². The van der Waals surface area contributed by atoms with Gasteiger partial charge in [0, 0.05) is 0 Å². The first kappa shape index (κ1) is 18.8. The van der Waals surface area contributed by atoms with Crippen LogP contribution in [0.25, 0.3) is 0 Å². The van der Waals surface area contributed by atoms with Crippen molar-refractivity contribution in [2.24, 2.45) is 0 Å². The largest absolute Gasteiger partial charge is 0.324 e. The fraction of sp³-hybridized carbons (Fsp3) is 0.467. The summed E-state index contributed by atoms with van der Waals surface area (Å²) < 4.78 is 1.83. The van der Waals surface area contributed by atoms with Crippen LogP contribution in [0.3, 0.4) is 0 Å². The van der Waals surface area contributed by atoms with Gasteiger partial charge in [0.15, 0.2) is 0 Å². The van der Waals surface area contributed by atoms with E-state index in [4.69, 9.17) is 34.8 Å². The number of nitrogens with zero attached hydrogens (tertiary/aromatic N) is 4. The normalized spacial score (nSPS) is 16.2. The number of amides is 1. The Morgan fingerprint density at radius 3 is 2.64 bits per heavy atom. The molecule has 1 atom stereocenters. The molecule has 25 heavy (non-hydrogen) atoms. The second kappa shape index (κ2) is 8.12. The lowest BCUT2D eigenvalue weighted by Crippen LogP contribution is -2.23. The maximum Gasteiger partial charge on any atom is 0.237 e. The number of tetrazole rings is 1. The minimum absolute atomic E-state index is 0.216. The molecule has 10 heteroatoms. The van der Waals surface area contributed by atoms with Crippen LogP contribution in [-0.2, 0) is 4.79 Å². The first-order valence-corrected chi connectivity index (χ1v) is 9.87. The molecule has 0 bridgehead atoms.